The summed E-state index contributed by atoms with van der Waals surface area (Å²) < 4.78 is 39.0. The summed E-state index contributed by atoms with van der Waals surface area (Å²) in [6.45, 7) is 8.52. The van der Waals surface area contributed by atoms with E-state index in [4.69, 9.17) is 14.0 Å². The predicted octanol–water partition coefficient (Wildman–Crippen LogP) is 4.63. The number of aromatic nitrogens is 1. The molecule has 8 rings (SSSR count). The lowest BCUT2D eigenvalue weighted by Gasteiger charge is -2.73. The van der Waals surface area contributed by atoms with E-state index in [1.807, 2.05) is 29.0 Å². The highest BCUT2D eigenvalue weighted by molar-refractivity contribution is 7.53. The molecule has 15 heteroatoms. The number of carbonyl (C=O) groups excluding carboxylic acids is 1. The first-order valence-electron chi connectivity index (χ1n) is 16.1. The monoisotopic (exact) mass is 686 g/mol. The predicted molar refractivity (Wildman–Crippen MR) is 174 cm³/mol. The number of hydrogen-bond acceptors (Lipinski definition) is 10. The van der Waals surface area contributed by atoms with Gasteiger partial charge in [-0.15, -0.1) is 11.3 Å². The van der Waals surface area contributed by atoms with E-state index >= 15 is 0 Å². The normalized spacial score (nSPS) is 28.9. The minimum Gasteiger partial charge on any atom is -0.478 e. The zero-order chi connectivity index (χ0) is 33.1. The Morgan fingerprint density at radius 1 is 1.19 bits per heavy atom. The van der Waals surface area contributed by atoms with Crippen molar-refractivity contribution >= 4 is 36.8 Å². The number of fused-ring (bicyclic) bond motifs is 1. The molecule has 4 heterocycles. The number of piperazine rings is 1. The van der Waals surface area contributed by atoms with Gasteiger partial charge in [0.15, 0.2) is 10.8 Å². The second kappa shape index (κ2) is 12.1. The number of nitrogens with zero attached hydrogens (tertiary/aromatic N) is 5. The molecule has 3 aliphatic carbocycles. The Kier molecular flexibility index (Phi) is 8.31. The molecular formula is C32H40FN6O6PS. The largest absolute Gasteiger partial charge is 0.478 e. The molecule has 6 aliphatic rings. The third-order valence-electron chi connectivity index (χ3n) is 10.3. The fourth-order valence-electron chi connectivity index (χ4n) is 8.43. The van der Waals surface area contributed by atoms with Crippen LogP contribution in [0, 0.1) is 18.2 Å². The number of amidine groups is 1. The summed E-state index contributed by atoms with van der Waals surface area (Å²) >= 11 is 1.38. The molecule has 0 radical (unpaired) electrons. The Hall–Kier alpha value is -3.16. The van der Waals surface area contributed by atoms with E-state index in [9.17, 15) is 23.7 Å². The molecule has 1 aromatic carbocycles. The maximum absolute atomic E-state index is 14.7. The lowest BCUT2D eigenvalue weighted by Crippen LogP contribution is -2.76. The highest BCUT2D eigenvalue weighted by Gasteiger charge is 2.73. The fourth-order valence-corrected chi connectivity index (χ4v) is 11.2. The van der Waals surface area contributed by atoms with Gasteiger partial charge >= 0.3 is 19.6 Å². The molecule has 2 aromatic rings. The van der Waals surface area contributed by atoms with Crippen LogP contribution < -0.4 is 5.32 Å². The van der Waals surface area contributed by atoms with Gasteiger partial charge in [-0.2, -0.15) is 0 Å². The topological polar surface area (TPSA) is 137 Å². The van der Waals surface area contributed by atoms with Crippen LogP contribution >= 0.6 is 18.9 Å². The zero-order valence-electron chi connectivity index (χ0n) is 26.8. The first kappa shape index (κ1) is 32.4. The Balaban J connectivity index is 1.07. The van der Waals surface area contributed by atoms with Crippen LogP contribution in [-0.2, 0) is 18.4 Å². The summed E-state index contributed by atoms with van der Waals surface area (Å²) in [6.07, 6.45) is 4.47. The number of amides is 2. The van der Waals surface area contributed by atoms with Gasteiger partial charge in [-0.25, -0.2) is 19.0 Å². The van der Waals surface area contributed by atoms with Gasteiger partial charge in [0.1, 0.15) is 11.9 Å². The molecular weight excluding hydrogens is 646 g/mol. The molecule has 47 heavy (non-hydrogen) atoms. The van der Waals surface area contributed by atoms with Crippen molar-refractivity contribution in [3.63, 3.8) is 0 Å². The molecule has 1 aromatic heterocycles. The number of halogens is 1. The number of urea groups is 1. The van der Waals surface area contributed by atoms with E-state index in [0.29, 0.717) is 79.8 Å². The van der Waals surface area contributed by atoms with Crippen LogP contribution in [0.15, 0.2) is 46.0 Å². The number of rotatable bonds is 12. The Morgan fingerprint density at radius 2 is 1.94 bits per heavy atom. The Morgan fingerprint density at radius 3 is 2.60 bits per heavy atom. The van der Waals surface area contributed by atoms with Gasteiger partial charge in [0.2, 0.25) is 0 Å². The average Bonchev–Trinajstić information content (AvgIpc) is 3.64. The van der Waals surface area contributed by atoms with Crippen molar-refractivity contribution in [2.24, 2.45) is 10.4 Å². The van der Waals surface area contributed by atoms with Crippen LogP contribution in [-0.4, -0.2) is 106 Å². The van der Waals surface area contributed by atoms with Crippen molar-refractivity contribution in [1.29, 1.82) is 0 Å². The number of thiazole rings is 1. The Labute approximate surface area is 277 Å². The third kappa shape index (κ3) is 5.61. The van der Waals surface area contributed by atoms with Crippen molar-refractivity contribution in [2.75, 3.05) is 52.1 Å². The van der Waals surface area contributed by atoms with Crippen molar-refractivity contribution in [3.05, 3.63) is 63.0 Å². The van der Waals surface area contributed by atoms with Gasteiger partial charge in [-0.1, -0.05) is 12.1 Å². The van der Waals surface area contributed by atoms with E-state index in [-0.39, 0.29) is 28.6 Å². The molecule has 2 saturated heterocycles. The lowest BCUT2D eigenvalue weighted by molar-refractivity contribution is -0.187. The van der Waals surface area contributed by atoms with Crippen LogP contribution in [0.5, 0.6) is 0 Å². The molecule has 3 aliphatic heterocycles. The summed E-state index contributed by atoms with van der Waals surface area (Å²) in [5, 5.41) is 16.2. The lowest BCUT2D eigenvalue weighted by atomic mass is 9.39. The Bertz CT molecular complexity index is 1670. The van der Waals surface area contributed by atoms with Crippen LogP contribution in [0.25, 0.3) is 0 Å². The van der Waals surface area contributed by atoms with Crippen molar-refractivity contribution < 1.29 is 32.7 Å². The first-order valence-corrected chi connectivity index (χ1v) is 18.7. The van der Waals surface area contributed by atoms with Crippen molar-refractivity contribution in [3.8, 4) is 0 Å². The van der Waals surface area contributed by atoms with Crippen LogP contribution in [0.4, 0.5) is 9.18 Å². The minimum absolute atomic E-state index is 0.0370. The SMILES string of the molecule is CCOP(=O)(CC12CC(N3CC4CN(CC5=C(C(=O)O)C(c6cccc(F)c6C)N=C(c6nccs6)N5)CCN4C3=O)(C1)C2)OCC. The highest BCUT2D eigenvalue weighted by atomic mass is 32.1. The average molecular weight is 687 g/mol. The summed E-state index contributed by atoms with van der Waals surface area (Å²) in [4.78, 5) is 41.7. The molecule has 2 atom stereocenters. The molecule has 5 fully saturated rings. The molecule has 2 amide bonds. The molecule has 252 valence electrons. The van der Waals surface area contributed by atoms with E-state index in [2.05, 4.69) is 15.2 Å². The second-order valence-electron chi connectivity index (χ2n) is 13.3. The number of benzene rings is 1. The number of carbonyl (C=O) groups is 2. The van der Waals surface area contributed by atoms with Gasteiger partial charge in [-0.3, -0.25) is 14.5 Å². The van der Waals surface area contributed by atoms with Crippen LogP contribution in [0.1, 0.15) is 55.3 Å². The number of aliphatic imine (C=N–C) groups is 1. The summed E-state index contributed by atoms with van der Waals surface area (Å²) in [5.74, 6) is -1.10. The quantitative estimate of drug-likeness (QED) is 0.306. The summed E-state index contributed by atoms with van der Waals surface area (Å²) in [5.41, 5.74) is 1.09. The molecule has 3 saturated carbocycles. The first-order chi connectivity index (χ1) is 22.5. The van der Waals surface area contributed by atoms with Gasteiger partial charge in [0.25, 0.3) is 0 Å². The highest BCUT2D eigenvalue weighted by Crippen LogP contribution is 2.74. The van der Waals surface area contributed by atoms with Crippen molar-refractivity contribution in [2.45, 2.75) is 57.7 Å². The van der Waals surface area contributed by atoms with Gasteiger partial charge in [0.05, 0.1) is 31.0 Å². The van der Waals surface area contributed by atoms with Crippen molar-refractivity contribution in [1.82, 2.24) is 25.0 Å². The summed E-state index contributed by atoms with van der Waals surface area (Å²) in [6, 6.07) is 3.74. The maximum atomic E-state index is 14.7. The number of carboxylic acids is 1. The van der Waals surface area contributed by atoms with E-state index in [0.717, 1.165) is 19.3 Å². The molecule has 2 bridgehead atoms. The van der Waals surface area contributed by atoms with Crippen LogP contribution in [0.2, 0.25) is 0 Å². The van der Waals surface area contributed by atoms with Gasteiger partial charge in [-0.05, 0) is 62.6 Å². The summed E-state index contributed by atoms with van der Waals surface area (Å²) in [7, 11) is -3.16. The standard InChI is InChI=1S/C32H40FN6O6PS/c1-4-44-46(43,45-5-2)19-31-16-32(17-31,18-31)39-14-21-13-37(10-11-38(21)30(39)42)15-24-25(29(40)41)26(22-7-6-8-23(33)20(22)3)36-27(35-24)28-34-9-12-47-28/h6-9,12,21,26H,4-5,10-11,13-19H2,1-3H3,(H,35,36)(H,40,41). The minimum atomic E-state index is -3.16. The number of nitrogens with one attached hydrogen (secondary N) is 1. The number of aliphatic carboxylic acids is 1. The van der Waals surface area contributed by atoms with Gasteiger partial charge < -0.3 is 29.3 Å². The number of hydrogen-bond donors (Lipinski definition) is 2. The van der Waals surface area contributed by atoms with E-state index in [1.165, 1.54) is 17.4 Å². The maximum Gasteiger partial charge on any atom is 0.335 e. The fraction of sp³-hybridized carbons (Fsp3) is 0.562. The molecule has 12 nitrogen and oxygen atoms in total. The molecule has 2 N–H and O–H groups in total. The van der Waals surface area contributed by atoms with Gasteiger partial charge in [0, 0.05) is 55.5 Å². The second-order valence-corrected chi connectivity index (χ2v) is 16.3. The number of carboxylic acid groups (broad SMARTS) is 1. The zero-order valence-corrected chi connectivity index (χ0v) is 28.5. The molecule has 0 spiro atoms. The smallest absolute Gasteiger partial charge is 0.335 e. The van der Waals surface area contributed by atoms with E-state index in [1.54, 1.807) is 25.3 Å². The molecule has 2 unspecified atom stereocenters. The van der Waals surface area contributed by atoms with E-state index < -0.39 is 25.4 Å². The van der Waals surface area contributed by atoms with Crippen LogP contribution in [0.3, 0.4) is 0 Å². The third-order valence-corrected chi connectivity index (χ3v) is 13.4.